The minimum absolute atomic E-state index is 0.0497. The van der Waals surface area contributed by atoms with E-state index < -0.39 is 0 Å². The van der Waals surface area contributed by atoms with Gasteiger partial charge in [-0.15, -0.1) is 0 Å². The molecule has 1 atom stereocenters. The molecule has 1 aromatic heterocycles. The molecule has 1 aliphatic carbocycles. The van der Waals surface area contributed by atoms with Crippen LogP contribution in [0.25, 0.3) is 0 Å². The number of aromatic nitrogens is 2. The van der Waals surface area contributed by atoms with Crippen molar-refractivity contribution >= 4 is 5.91 Å². The van der Waals surface area contributed by atoms with E-state index in [1.807, 2.05) is 24.6 Å². The van der Waals surface area contributed by atoms with Crippen molar-refractivity contribution in [1.29, 1.82) is 0 Å². The predicted octanol–water partition coefficient (Wildman–Crippen LogP) is 0.737. The maximum absolute atomic E-state index is 11.7. The van der Waals surface area contributed by atoms with Gasteiger partial charge in [0.15, 0.2) is 0 Å². The van der Waals surface area contributed by atoms with Gasteiger partial charge >= 0.3 is 0 Å². The molecule has 1 amide bonds. The number of carbonyl (C=O) groups is 1. The summed E-state index contributed by atoms with van der Waals surface area (Å²) in [5.74, 6) is 1.59. The first kappa shape index (κ1) is 12.1. The Bertz CT molecular complexity index is 407. The topological polar surface area (TPSA) is 72.9 Å². The summed E-state index contributed by atoms with van der Waals surface area (Å²) in [6, 6.07) is -0.0931. The molecule has 17 heavy (non-hydrogen) atoms. The van der Waals surface area contributed by atoms with Crippen LogP contribution in [0.1, 0.15) is 37.3 Å². The van der Waals surface area contributed by atoms with Gasteiger partial charge in [-0.2, -0.15) is 0 Å². The third kappa shape index (κ3) is 3.30. The Hall–Kier alpha value is -1.36. The number of rotatable bonds is 5. The summed E-state index contributed by atoms with van der Waals surface area (Å²) in [6.07, 6.45) is 4.36. The van der Waals surface area contributed by atoms with E-state index in [9.17, 15) is 4.79 Å². The summed E-state index contributed by atoms with van der Waals surface area (Å²) in [5.41, 5.74) is 6.59. The highest BCUT2D eigenvalue weighted by atomic mass is 16.1. The standard InChI is InChI=1S/C12H20N4O/c1-8(13)11-6-16(9(2)15-11)7-12(17)14-5-10-3-4-10/h6,8,10H,3-5,7,13H2,1-2H3,(H,14,17)/t8-/m0/s1. The van der Waals surface area contributed by atoms with Gasteiger partial charge in [-0.25, -0.2) is 4.98 Å². The molecule has 0 radical (unpaired) electrons. The van der Waals surface area contributed by atoms with Crippen molar-refractivity contribution in [3.8, 4) is 0 Å². The number of nitrogens with one attached hydrogen (secondary N) is 1. The second-order valence-corrected chi connectivity index (χ2v) is 4.88. The fraction of sp³-hybridized carbons (Fsp3) is 0.667. The zero-order valence-corrected chi connectivity index (χ0v) is 10.4. The quantitative estimate of drug-likeness (QED) is 0.792. The predicted molar refractivity (Wildman–Crippen MR) is 65.3 cm³/mol. The zero-order chi connectivity index (χ0) is 12.4. The van der Waals surface area contributed by atoms with Crippen molar-refractivity contribution in [3.63, 3.8) is 0 Å². The number of hydrogen-bond acceptors (Lipinski definition) is 3. The normalized spacial score (nSPS) is 16.9. The molecule has 0 spiro atoms. The monoisotopic (exact) mass is 236 g/mol. The Morgan fingerprint density at radius 1 is 1.71 bits per heavy atom. The van der Waals surface area contributed by atoms with E-state index in [2.05, 4.69) is 10.3 Å². The zero-order valence-electron chi connectivity index (χ0n) is 10.4. The van der Waals surface area contributed by atoms with E-state index in [1.54, 1.807) is 0 Å². The molecule has 0 aliphatic heterocycles. The van der Waals surface area contributed by atoms with Crippen molar-refractivity contribution in [1.82, 2.24) is 14.9 Å². The van der Waals surface area contributed by atoms with Crippen molar-refractivity contribution in [2.24, 2.45) is 11.7 Å². The molecule has 1 heterocycles. The average Bonchev–Trinajstić information content (AvgIpc) is 3.02. The van der Waals surface area contributed by atoms with Crippen LogP contribution in [0.15, 0.2) is 6.20 Å². The first-order valence-corrected chi connectivity index (χ1v) is 6.12. The number of nitrogens with zero attached hydrogens (tertiary/aromatic N) is 2. The minimum atomic E-state index is -0.0931. The van der Waals surface area contributed by atoms with Gasteiger partial charge in [-0.05, 0) is 32.6 Å². The molecule has 5 heteroatoms. The Balaban J connectivity index is 1.89. The van der Waals surface area contributed by atoms with E-state index >= 15 is 0 Å². The summed E-state index contributed by atoms with van der Waals surface area (Å²) in [5, 5.41) is 2.94. The molecule has 0 bridgehead atoms. The molecule has 1 aromatic rings. The van der Waals surface area contributed by atoms with Crippen LogP contribution < -0.4 is 11.1 Å². The number of amides is 1. The lowest BCUT2D eigenvalue weighted by Crippen LogP contribution is -2.29. The highest BCUT2D eigenvalue weighted by molar-refractivity contribution is 5.75. The average molecular weight is 236 g/mol. The fourth-order valence-corrected chi connectivity index (χ4v) is 1.70. The first-order valence-electron chi connectivity index (χ1n) is 6.12. The molecule has 1 fully saturated rings. The summed E-state index contributed by atoms with van der Waals surface area (Å²) in [6.45, 7) is 4.92. The van der Waals surface area contributed by atoms with Crippen LogP contribution in [0.4, 0.5) is 0 Å². The highest BCUT2D eigenvalue weighted by Crippen LogP contribution is 2.27. The lowest BCUT2D eigenvalue weighted by molar-refractivity contribution is -0.121. The Morgan fingerprint density at radius 3 is 2.94 bits per heavy atom. The molecule has 1 aliphatic rings. The van der Waals surface area contributed by atoms with E-state index in [-0.39, 0.29) is 11.9 Å². The molecule has 94 valence electrons. The second kappa shape index (κ2) is 4.87. The molecule has 0 unspecified atom stereocenters. The summed E-state index contributed by atoms with van der Waals surface area (Å²) < 4.78 is 1.85. The van der Waals surface area contributed by atoms with Gasteiger partial charge in [0, 0.05) is 18.8 Å². The van der Waals surface area contributed by atoms with E-state index in [1.165, 1.54) is 12.8 Å². The van der Waals surface area contributed by atoms with Crippen LogP contribution in [-0.2, 0) is 11.3 Å². The molecule has 0 saturated heterocycles. The Labute approximate surface area is 101 Å². The summed E-state index contributed by atoms with van der Waals surface area (Å²) in [7, 11) is 0. The SMILES string of the molecule is Cc1nc([C@H](C)N)cn1CC(=O)NCC1CC1. The van der Waals surface area contributed by atoms with Crippen molar-refractivity contribution in [2.75, 3.05) is 6.54 Å². The van der Waals surface area contributed by atoms with E-state index in [0.29, 0.717) is 12.5 Å². The lowest BCUT2D eigenvalue weighted by Gasteiger charge is -2.06. The molecule has 2 rings (SSSR count). The largest absolute Gasteiger partial charge is 0.354 e. The van der Waals surface area contributed by atoms with Crippen molar-refractivity contribution in [2.45, 2.75) is 39.3 Å². The Kier molecular flexibility index (Phi) is 3.47. The third-order valence-electron chi connectivity index (χ3n) is 3.06. The number of nitrogens with two attached hydrogens (primary N) is 1. The van der Waals surface area contributed by atoms with E-state index in [4.69, 9.17) is 5.73 Å². The summed E-state index contributed by atoms with van der Waals surface area (Å²) >= 11 is 0. The van der Waals surface area contributed by atoms with Gasteiger partial charge in [0.2, 0.25) is 5.91 Å². The van der Waals surface area contributed by atoms with Crippen LogP contribution in [-0.4, -0.2) is 22.0 Å². The molecular formula is C12H20N4O. The molecule has 0 aromatic carbocycles. The van der Waals surface area contributed by atoms with Gasteiger partial charge in [-0.3, -0.25) is 4.79 Å². The van der Waals surface area contributed by atoms with Gasteiger partial charge in [0.1, 0.15) is 12.4 Å². The third-order valence-corrected chi connectivity index (χ3v) is 3.06. The maximum Gasteiger partial charge on any atom is 0.239 e. The number of hydrogen-bond donors (Lipinski definition) is 2. The van der Waals surface area contributed by atoms with Crippen molar-refractivity contribution < 1.29 is 4.79 Å². The summed E-state index contributed by atoms with van der Waals surface area (Å²) in [4.78, 5) is 16.0. The van der Waals surface area contributed by atoms with Crippen LogP contribution in [0, 0.1) is 12.8 Å². The molecule has 5 nitrogen and oxygen atoms in total. The van der Waals surface area contributed by atoms with Crippen molar-refractivity contribution in [3.05, 3.63) is 17.7 Å². The fourth-order valence-electron chi connectivity index (χ4n) is 1.70. The van der Waals surface area contributed by atoms with Gasteiger partial charge in [-0.1, -0.05) is 0 Å². The van der Waals surface area contributed by atoms with Crippen LogP contribution >= 0.6 is 0 Å². The number of carbonyl (C=O) groups excluding carboxylic acids is 1. The Morgan fingerprint density at radius 2 is 2.41 bits per heavy atom. The molecule has 3 N–H and O–H groups in total. The molecule has 1 saturated carbocycles. The van der Waals surface area contributed by atoms with Gasteiger partial charge in [0.05, 0.1) is 5.69 Å². The van der Waals surface area contributed by atoms with Crippen LogP contribution in [0.3, 0.4) is 0 Å². The second-order valence-electron chi connectivity index (χ2n) is 4.88. The van der Waals surface area contributed by atoms with Crippen LogP contribution in [0.5, 0.6) is 0 Å². The lowest BCUT2D eigenvalue weighted by atomic mass is 10.3. The van der Waals surface area contributed by atoms with Gasteiger partial charge in [0.25, 0.3) is 0 Å². The number of aryl methyl sites for hydroxylation is 1. The highest BCUT2D eigenvalue weighted by Gasteiger charge is 2.21. The first-order chi connectivity index (χ1) is 8.06. The number of imidazole rings is 1. The van der Waals surface area contributed by atoms with E-state index in [0.717, 1.165) is 18.1 Å². The maximum atomic E-state index is 11.7. The molecular weight excluding hydrogens is 216 g/mol. The van der Waals surface area contributed by atoms with Gasteiger partial charge < -0.3 is 15.6 Å². The smallest absolute Gasteiger partial charge is 0.239 e. The minimum Gasteiger partial charge on any atom is -0.354 e. The van der Waals surface area contributed by atoms with Crippen LogP contribution in [0.2, 0.25) is 0 Å².